The first-order valence-electron chi connectivity index (χ1n) is 19.2. The fraction of sp³-hybridized carbons (Fsp3) is 0.921. The summed E-state index contributed by atoms with van der Waals surface area (Å²) in [7, 11) is -1.52. The number of hydrogen-bond acceptors (Lipinski definition) is 17. The Labute approximate surface area is 337 Å². The topological polar surface area (TPSA) is 210 Å². The Bertz CT molecular complexity index is 1050. The molecule has 0 aliphatic carbocycles. The van der Waals surface area contributed by atoms with Crippen LogP contribution in [0.15, 0.2) is 0 Å². The minimum atomic E-state index is -3.41. The van der Waals surface area contributed by atoms with Gasteiger partial charge in [0.2, 0.25) is 0 Å². The van der Waals surface area contributed by atoms with E-state index in [1.807, 2.05) is 69.4 Å². The van der Waals surface area contributed by atoms with Crippen molar-refractivity contribution in [3.63, 3.8) is 0 Å². The monoisotopic (exact) mass is 835 g/mol. The van der Waals surface area contributed by atoms with Gasteiger partial charge in [-0.3, -0.25) is 18.6 Å². The minimum absolute atomic E-state index is 0.00250. The average molecular weight is 836 g/mol. The fourth-order valence-corrected chi connectivity index (χ4v) is 3.95. The Morgan fingerprint density at radius 3 is 1.05 bits per heavy atom. The van der Waals surface area contributed by atoms with Gasteiger partial charge in [0.1, 0.15) is 16.8 Å². The van der Waals surface area contributed by atoms with E-state index in [9.17, 15) is 22.8 Å². The molecule has 0 amide bonds. The van der Waals surface area contributed by atoms with Crippen molar-refractivity contribution in [3.05, 3.63) is 0 Å². The molecular weight excluding hydrogens is 758 g/mol. The first kappa shape index (κ1) is 58.3. The number of carbonyl (C=O) groups excluding carboxylic acids is 3. The zero-order chi connectivity index (χ0) is 43.4. The van der Waals surface area contributed by atoms with Gasteiger partial charge in [0, 0.05) is 45.6 Å². The van der Waals surface area contributed by atoms with Gasteiger partial charge in [0.25, 0.3) is 10.1 Å². The molecule has 0 bridgehead atoms. The normalized spacial score (nSPS) is 11.9. The number of hydrogen-bond donors (Lipinski definition) is 2. The summed E-state index contributed by atoms with van der Waals surface area (Å²) in [5, 5.41) is 11.4. The number of carbonyl (C=O) groups is 3. The number of aliphatic hydroxyl groups is 1. The van der Waals surface area contributed by atoms with Gasteiger partial charge in [-0.25, -0.2) is 0 Å². The maximum Gasteiger partial charge on any atom is 0.306 e. The molecular formula is C38H77NO16S. The molecule has 336 valence electrons. The lowest BCUT2D eigenvalue weighted by Gasteiger charge is -2.19. The molecule has 0 atom stereocenters. The van der Waals surface area contributed by atoms with Crippen LogP contribution in [-0.4, -0.2) is 161 Å². The summed E-state index contributed by atoms with van der Waals surface area (Å²) >= 11 is 0. The predicted molar refractivity (Wildman–Crippen MR) is 212 cm³/mol. The van der Waals surface area contributed by atoms with Crippen molar-refractivity contribution in [3.8, 4) is 0 Å². The molecule has 0 saturated heterocycles. The molecule has 0 aromatic heterocycles. The molecule has 0 aromatic rings. The van der Waals surface area contributed by atoms with E-state index in [1.165, 1.54) is 0 Å². The van der Waals surface area contributed by atoms with E-state index in [-0.39, 0.29) is 37.7 Å². The van der Waals surface area contributed by atoms with Crippen molar-refractivity contribution in [2.24, 2.45) is 0 Å². The van der Waals surface area contributed by atoms with Crippen LogP contribution in [0, 0.1) is 0 Å². The lowest BCUT2D eigenvalue weighted by Crippen LogP contribution is -2.23. The highest BCUT2D eigenvalue weighted by atomic mass is 32.2. The molecule has 2 N–H and O–H groups in total. The van der Waals surface area contributed by atoms with Gasteiger partial charge in [0.15, 0.2) is 0 Å². The van der Waals surface area contributed by atoms with Crippen molar-refractivity contribution >= 4 is 28.0 Å². The molecule has 0 aliphatic heterocycles. The summed E-state index contributed by atoms with van der Waals surface area (Å²) in [6.45, 7) is 23.1. The van der Waals surface area contributed by atoms with Gasteiger partial charge in [-0.15, -0.1) is 0 Å². The summed E-state index contributed by atoms with van der Waals surface area (Å²) in [5.74, 6) is -0.603. The third kappa shape index (κ3) is 58.7. The van der Waals surface area contributed by atoms with Gasteiger partial charge >= 0.3 is 17.9 Å². The van der Waals surface area contributed by atoms with Gasteiger partial charge in [-0.1, -0.05) is 0 Å². The second kappa shape index (κ2) is 36.1. The smallest absolute Gasteiger partial charge is 0.306 e. The highest BCUT2D eigenvalue weighted by molar-refractivity contribution is 7.85. The van der Waals surface area contributed by atoms with Crippen molar-refractivity contribution in [2.75, 3.05) is 112 Å². The second-order valence-corrected chi connectivity index (χ2v) is 16.7. The standard InChI is InChI=1S/C13H27NO4.C13H26O7S.C12H24O5/c1-13(2,3)18-12(15)6-5-8-16-10-11-17-9-7-14-4;1-13(2,3)20-12(14)6-5-7-17-8-9-18-10-11-19-21(4,15)16;1-12(2,3)17-11(14)5-4-7-15-9-10-16-8-6-13/h14H,5-11H2,1-4H3;5-11H2,1-4H3;13H,4-10H2,1-3H3. The zero-order valence-corrected chi connectivity index (χ0v) is 37.1. The number of nitrogens with one attached hydrogen (secondary N) is 1. The van der Waals surface area contributed by atoms with Gasteiger partial charge in [-0.05, 0) is 88.6 Å². The highest BCUT2D eigenvalue weighted by Gasteiger charge is 2.17. The van der Waals surface area contributed by atoms with Crippen LogP contribution in [0.5, 0.6) is 0 Å². The fourth-order valence-electron chi connectivity index (χ4n) is 3.58. The Morgan fingerprint density at radius 2 is 0.768 bits per heavy atom. The van der Waals surface area contributed by atoms with Crippen LogP contribution in [0.3, 0.4) is 0 Å². The molecule has 0 aliphatic rings. The third-order valence-electron chi connectivity index (χ3n) is 5.64. The van der Waals surface area contributed by atoms with Crippen molar-refractivity contribution in [2.45, 2.75) is 118 Å². The lowest BCUT2D eigenvalue weighted by atomic mass is 10.2. The molecule has 0 rings (SSSR count). The van der Waals surface area contributed by atoms with Crippen LogP contribution >= 0.6 is 0 Å². The summed E-state index contributed by atoms with van der Waals surface area (Å²) < 4.78 is 72.5. The Kier molecular flexibility index (Phi) is 37.6. The quantitative estimate of drug-likeness (QED) is 0.0458. The van der Waals surface area contributed by atoms with E-state index < -0.39 is 26.9 Å². The van der Waals surface area contributed by atoms with Gasteiger partial charge in [0.05, 0.1) is 78.9 Å². The van der Waals surface area contributed by atoms with Crippen LogP contribution in [0.1, 0.15) is 101 Å². The SMILES string of the molecule is CC(C)(C)OC(=O)CCCOCCOCCO.CC(C)(C)OC(=O)CCCOCCOCCOS(C)(=O)=O.CNCCOCCOCCCC(=O)OC(C)(C)C. The summed E-state index contributed by atoms with van der Waals surface area (Å²) in [6, 6.07) is 0. The van der Waals surface area contributed by atoms with Crippen LogP contribution in [0.4, 0.5) is 0 Å². The predicted octanol–water partition coefficient (Wildman–Crippen LogP) is 3.61. The molecule has 0 saturated carbocycles. The average Bonchev–Trinajstić information content (AvgIpc) is 3.04. The number of likely N-dealkylation sites (N-methyl/N-ethyl adjacent to an activating group) is 1. The zero-order valence-electron chi connectivity index (χ0n) is 36.3. The van der Waals surface area contributed by atoms with Crippen LogP contribution in [-0.2, 0) is 71.3 Å². The van der Waals surface area contributed by atoms with Gasteiger partial charge in [-0.2, -0.15) is 8.42 Å². The molecule has 0 aromatic carbocycles. The highest BCUT2D eigenvalue weighted by Crippen LogP contribution is 2.11. The van der Waals surface area contributed by atoms with Crippen molar-refractivity contribution < 1.29 is 74.7 Å². The molecule has 0 spiro atoms. The minimum Gasteiger partial charge on any atom is -0.460 e. The van der Waals surface area contributed by atoms with E-state index >= 15 is 0 Å². The van der Waals surface area contributed by atoms with E-state index in [4.69, 9.17) is 47.7 Å². The summed E-state index contributed by atoms with van der Waals surface area (Å²) in [5.41, 5.74) is -1.28. The van der Waals surface area contributed by atoms with Crippen molar-refractivity contribution in [1.29, 1.82) is 0 Å². The van der Waals surface area contributed by atoms with Crippen LogP contribution in [0.25, 0.3) is 0 Å². The maximum absolute atomic E-state index is 11.4. The maximum atomic E-state index is 11.4. The number of ether oxygens (including phenoxy) is 9. The molecule has 0 heterocycles. The summed E-state index contributed by atoms with van der Waals surface area (Å²) in [4.78, 5) is 34.0. The van der Waals surface area contributed by atoms with Crippen molar-refractivity contribution in [1.82, 2.24) is 5.32 Å². The lowest BCUT2D eigenvalue weighted by molar-refractivity contribution is -0.156. The Hall–Kier alpha value is -2.00. The first-order valence-corrected chi connectivity index (χ1v) is 21.0. The molecule has 56 heavy (non-hydrogen) atoms. The molecule has 0 unspecified atom stereocenters. The van der Waals surface area contributed by atoms with E-state index in [2.05, 4.69) is 9.50 Å². The molecule has 0 radical (unpaired) electrons. The summed E-state index contributed by atoms with van der Waals surface area (Å²) in [6.07, 6.45) is 4.00. The van der Waals surface area contributed by atoms with E-state index in [0.717, 1.165) is 12.8 Å². The molecule has 0 fully saturated rings. The molecule has 17 nitrogen and oxygen atoms in total. The number of rotatable bonds is 30. The third-order valence-corrected chi connectivity index (χ3v) is 6.24. The Morgan fingerprint density at radius 1 is 0.482 bits per heavy atom. The largest absolute Gasteiger partial charge is 0.460 e. The van der Waals surface area contributed by atoms with E-state index in [1.54, 1.807) is 0 Å². The van der Waals surface area contributed by atoms with Gasteiger partial charge < -0.3 is 53.1 Å². The first-order chi connectivity index (χ1) is 26.0. The van der Waals surface area contributed by atoms with Crippen LogP contribution in [0.2, 0.25) is 0 Å². The van der Waals surface area contributed by atoms with E-state index in [0.29, 0.717) is 111 Å². The number of esters is 3. The second-order valence-electron chi connectivity index (χ2n) is 15.1. The van der Waals surface area contributed by atoms with Crippen LogP contribution < -0.4 is 5.32 Å². The number of aliphatic hydroxyl groups excluding tert-OH is 1. The Balaban J connectivity index is -0.000000757. The molecule has 18 heteroatoms.